The molecule has 0 radical (unpaired) electrons. The van der Waals surface area contributed by atoms with E-state index in [0.29, 0.717) is 18.2 Å². The van der Waals surface area contributed by atoms with Gasteiger partial charge >= 0.3 is 5.97 Å². The lowest BCUT2D eigenvalue weighted by Crippen LogP contribution is -2.33. The molecule has 96 valence electrons. The van der Waals surface area contributed by atoms with Crippen molar-refractivity contribution in [3.63, 3.8) is 0 Å². The number of carbonyl (C=O) groups is 1. The first kappa shape index (κ1) is 12.8. The number of aryl methyl sites for hydroxylation is 1. The van der Waals surface area contributed by atoms with E-state index in [1.807, 2.05) is 24.4 Å². The molecule has 5 nitrogen and oxygen atoms in total. The third-order valence-electron chi connectivity index (χ3n) is 2.57. The van der Waals surface area contributed by atoms with Gasteiger partial charge in [-0.05, 0) is 25.3 Å². The highest BCUT2D eigenvalue weighted by atomic mass is 32.1. The average molecular weight is 266 g/mol. The third-order valence-corrected chi connectivity index (χ3v) is 3.43. The van der Waals surface area contributed by atoms with Crippen LogP contribution in [0.15, 0.2) is 21.9 Å². The molecule has 2 aromatic rings. The van der Waals surface area contributed by atoms with Gasteiger partial charge < -0.3 is 9.52 Å². The number of hydrogen-bond acceptors (Lipinski definition) is 5. The van der Waals surface area contributed by atoms with Crippen molar-refractivity contribution in [2.45, 2.75) is 26.4 Å². The minimum atomic E-state index is -0.880. The fraction of sp³-hybridized carbons (Fsp3) is 0.333. The van der Waals surface area contributed by atoms with Gasteiger partial charge in [-0.15, -0.1) is 11.3 Å². The van der Waals surface area contributed by atoms with Crippen molar-refractivity contribution in [2.24, 2.45) is 0 Å². The lowest BCUT2D eigenvalue weighted by atomic mass is 10.3. The van der Waals surface area contributed by atoms with Crippen LogP contribution in [0.25, 0.3) is 10.8 Å². The zero-order valence-corrected chi connectivity index (χ0v) is 11.0. The quantitative estimate of drug-likeness (QED) is 0.868. The monoisotopic (exact) mass is 266 g/mol. The SMILES string of the molecule is Cc1oc(-c2cccs2)nc1CN[C@@H](C)C(=O)O. The molecule has 0 spiro atoms. The molecule has 0 aromatic carbocycles. The van der Waals surface area contributed by atoms with Crippen molar-refractivity contribution < 1.29 is 14.3 Å². The number of carboxylic acid groups (broad SMARTS) is 1. The van der Waals surface area contributed by atoms with Gasteiger partial charge in [-0.3, -0.25) is 10.1 Å². The molecule has 0 aliphatic carbocycles. The maximum atomic E-state index is 10.7. The lowest BCUT2D eigenvalue weighted by molar-refractivity contribution is -0.139. The first-order valence-electron chi connectivity index (χ1n) is 5.54. The number of oxazole rings is 1. The Kier molecular flexibility index (Phi) is 3.78. The van der Waals surface area contributed by atoms with Gasteiger partial charge in [-0.1, -0.05) is 6.07 Å². The van der Waals surface area contributed by atoms with Crippen molar-refractivity contribution in [3.05, 3.63) is 29.0 Å². The standard InChI is InChI=1S/C12H14N2O3S/c1-7(12(15)16)13-6-9-8(2)17-11(14-9)10-4-3-5-18-10/h3-5,7,13H,6H2,1-2H3,(H,15,16)/t7-/m0/s1. The molecule has 2 aromatic heterocycles. The number of rotatable bonds is 5. The van der Waals surface area contributed by atoms with Crippen LogP contribution in [0.5, 0.6) is 0 Å². The Morgan fingerprint density at radius 1 is 1.67 bits per heavy atom. The van der Waals surface area contributed by atoms with Gasteiger partial charge in [-0.2, -0.15) is 0 Å². The Labute approximate surface area is 108 Å². The van der Waals surface area contributed by atoms with Crippen molar-refractivity contribution >= 4 is 17.3 Å². The van der Waals surface area contributed by atoms with Crippen molar-refractivity contribution in [1.82, 2.24) is 10.3 Å². The van der Waals surface area contributed by atoms with E-state index in [0.717, 1.165) is 10.6 Å². The first-order valence-corrected chi connectivity index (χ1v) is 6.42. The van der Waals surface area contributed by atoms with Gasteiger partial charge in [0.15, 0.2) is 0 Å². The van der Waals surface area contributed by atoms with Crippen LogP contribution in [0.3, 0.4) is 0 Å². The second kappa shape index (κ2) is 5.32. The lowest BCUT2D eigenvalue weighted by Gasteiger charge is -2.06. The van der Waals surface area contributed by atoms with Gasteiger partial charge in [0.1, 0.15) is 11.8 Å². The molecule has 2 heterocycles. The minimum Gasteiger partial charge on any atom is -0.480 e. The van der Waals surface area contributed by atoms with Crippen LogP contribution in [-0.4, -0.2) is 22.1 Å². The summed E-state index contributed by atoms with van der Waals surface area (Å²) in [7, 11) is 0. The van der Waals surface area contributed by atoms with Crippen LogP contribution >= 0.6 is 11.3 Å². The zero-order valence-electron chi connectivity index (χ0n) is 10.1. The van der Waals surface area contributed by atoms with E-state index in [9.17, 15) is 4.79 Å². The molecule has 0 fully saturated rings. The summed E-state index contributed by atoms with van der Waals surface area (Å²) < 4.78 is 5.56. The fourth-order valence-corrected chi connectivity index (χ4v) is 2.08. The molecular weight excluding hydrogens is 252 g/mol. The van der Waals surface area contributed by atoms with Crippen molar-refractivity contribution in [1.29, 1.82) is 0 Å². The molecule has 0 unspecified atom stereocenters. The predicted molar refractivity (Wildman–Crippen MR) is 68.5 cm³/mol. The molecule has 0 aliphatic heterocycles. The smallest absolute Gasteiger partial charge is 0.320 e. The van der Waals surface area contributed by atoms with Crippen LogP contribution in [0.4, 0.5) is 0 Å². The van der Waals surface area contributed by atoms with Gasteiger partial charge in [0, 0.05) is 6.54 Å². The number of nitrogens with zero attached hydrogens (tertiary/aromatic N) is 1. The fourth-order valence-electron chi connectivity index (χ4n) is 1.43. The Bertz CT molecular complexity index is 534. The van der Waals surface area contributed by atoms with E-state index in [-0.39, 0.29) is 0 Å². The Balaban J connectivity index is 2.08. The van der Waals surface area contributed by atoms with E-state index in [1.54, 1.807) is 18.3 Å². The summed E-state index contributed by atoms with van der Waals surface area (Å²) in [5, 5.41) is 13.6. The molecule has 18 heavy (non-hydrogen) atoms. The first-order chi connectivity index (χ1) is 8.58. The Hall–Kier alpha value is -1.66. The van der Waals surface area contributed by atoms with E-state index in [1.165, 1.54) is 0 Å². The zero-order chi connectivity index (χ0) is 13.1. The number of aromatic nitrogens is 1. The van der Waals surface area contributed by atoms with Gasteiger partial charge in [0.2, 0.25) is 5.89 Å². The molecule has 0 bridgehead atoms. The van der Waals surface area contributed by atoms with Gasteiger partial charge in [-0.25, -0.2) is 4.98 Å². The molecule has 0 aliphatic rings. The third kappa shape index (κ3) is 2.77. The number of carboxylic acids is 1. The highest BCUT2D eigenvalue weighted by Crippen LogP contribution is 2.25. The maximum Gasteiger partial charge on any atom is 0.320 e. The normalized spacial score (nSPS) is 12.6. The topological polar surface area (TPSA) is 75.4 Å². The van der Waals surface area contributed by atoms with Crippen LogP contribution in [0.1, 0.15) is 18.4 Å². The molecule has 0 saturated heterocycles. The summed E-state index contributed by atoms with van der Waals surface area (Å²) in [5.41, 5.74) is 0.742. The second-order valence-corrected chi connectivity index (χ2v) is 4.89. The Morgan fingerprint density at radius 2 is 2.44 bits per heavy atom. The molecular formula is C12H14N2O3S. The molecule has 6 heteroatoms. The Morgan fingerprint density at radius 3 is 3.06 bits per heavy atom. The number of nitrogens with one attached hydrogen (secondary N) is 1. The predicted octanol–water partition coefficient (Wildman–Crippen LogP) is 2.27. The minimum absolute atomic E-state index is 0.383. The molecule has 2 rings (SSSR count). The summed E-state index contributed by atoms with van der Waals surface area (Å²) >= 11 is 1.56. The van der Waals surface area contributed by atoms with Crippen LogP contribution in [0, 0.1) is 6.92 Å². The van der Waals surface area contributed by atoms with Crippen LogP contribution in [0.2, 0.25) is 0 Å². The maximum absolute atomic E-state index is 10.7. The van der Waals surface area contributed by atoms with Gasteiger partial charge in [0.25, 0.3) is 0 Å². The van der Waals surface area contributed by atoms with Gasteiger partial charge in [0.05, 0.1) is 10.6 Å². The summed E-state index contributed by atoms with van der Waals surface area (Å²) in [6.45, 7) is 3.80. The summed E-state index contributed by atoms with van der Waals surface area (Å²) in [5.74, 6) is 0.417. The van der Waals surface area contributed by atoms with E-state index >= 15 is 0 Å². The molecule has 2 N–H and O–H groups in total. The van der Waals surface area contributed by atoms with Crippen molar-refractivity contribution in [2.75, 3.05) is 0 Å². The number of thiophene rings is 1. The van der Waals surface area contributed by atoms with E-state index in [2.05, 4.69) is 10.3 Å². The second-order valence-electron chi connectivity index (χ2n) is 3.94. The highest BCUT2D eigenvalue weighted by Gasteiger charge is 2.15. The summed E-state index contributed by atoms with van der Waals surface area (Å²) in [6.07, 6.45) is 0. The summed E-state index contributed by atoms with van der Waals surface area (Å²) in [6, 6.07) is 3.27. The molecule has 1 atom stereocenters. The average Bonchev–Trinajstić information content (AvgIpc) is 2.94. The number of aliphatic carboxylic acids is 1. The molecule has 0 amide bonds. The highest BCUT2D eigenvalue weighted by molar-refractivity contribution is 7.13. The number of hydrogen-bond donors (Lipinski definition) is 2. The summed E-state index contributed by atoms with van der Waals surface area (Å²) in [4.78, 5) is 16.0. The van der Waals surface area contributed by atoms with Crippen LogP contribution in [-0.2, 0) is 11.3 Å². The molecule has 0 saturated carbocycles. The van der Waals surface area contributed by atoms with Crippen molar-refractivity contribution in [3.8, 4) is 10.8 Å². The van der Waals surface area contributed by atoms with Crippen LogP contribution < -0.4 is 5.32 Å². The van der Waals surface area contributed by atoms with E-state index in [4.69, 9.17) is 9.52 Å². The largest absolute Gasteiger partial charge is 0.480 e. The van der Waals surface area contributed by atoms with E-state index < -0.39 is 12.0 Å².